The summed E-state index contributed by atoms with van der Waals surface area (Å²) in [6.07, 6.45) is 0.369. The summed E-state index contributed by atoms with van der Waals surface area (Å²) < 4.78 is 5.41. The molecular weight excluding hydrogens is 388 g/mol. The fourth-order valence-electron chi connectivity index (χ4n) is 2.62. The molecule has 0 aliphatic carbocycles. The minimum Gasteiger partial charge on any atom is -0.494 e. The van der Waals surface area contributed by atoms with Crippen LogP contribution in [0.5, 0.6) is 5.75 Å². The Morgan fingerprint density at radius 2 is 1.90 bits per heavy atom. The van der Waals surface area contributed by atoms with E-state index >= 15 is 0 Å². The van der Waals surface area contributed by atoms with Gasteiger partial charge in [-0.3, -0.25) is 14.6 Å². The molecule has 1 heterocycles. The number of aromatic nitrogens is 3. The number of H-pyrrole nitrogens is 1. The number of hydrogen-bond acceptors (Lipinski definition) is 6. The van der Waals surface area contributed by atoms with E-state index in [-0.39, 0.29) is 17.2 Å². The zero-order valence-electron chi connectivity index (χ0n) is 16.3. The number of para-hydroxylation sites is 1. The van der Waals surface area contributed by atoms with Crippen LogP contribution in [-0.4, -0.2) is 33.4 Å². The Kier molecular flexibility index (Phi) is 7.02. The van der Waals surface area contributed by atoms with Gasteiger partial charge in [0.15, 0.2) is 5.16 Å². The second-order valence-corrected chi connectivity index (χ2v) is 7.28. The van der Waals surface area contributed by atoms with Gasteiger partial charge in [-0.05, 0) is 43.2 Å². The fourth-order valence-corrected chi connectivity index (χ4v) is 3.23. The van der Waals surface area contributed by atoms with Gasteiger partial charge in [0.2, 0.25) is 5.91 Å². The number of rotatable bonds is 8. The number of amides is 1. The zero-order chi connectivity index (χ0) is 20.6. The molecule has 29 heavy (non-hydrogen) atoms. The van der Waals surface area contributed by atoms with Crippen molar-refractivity contribution in [1.29, 1.82) is 0 Å². The molecule has 7 nitrogen and oxygen atoms in total. The minimum absolute atomic E-state index is 0.122. The van der Waals surface area contributed by atoms with E-state index in [0.29, 0.717) is 23.9 Å². The molecule has 0 saturated carbocycles. The lowest BCUT2D eigenvalue weighted by Crippen LogP contribution is -2.19. The standard InChI is InChI=1S/C21H22N4O3S/c1-3-28-16-10-8-15(9-11-16)12-18-20(27)23-21(25-24-18)29-13-19(26)22-17-7-5-4-6-14(17)2/h4-11H,3,12-13H2,1-2H3,(H,22,26)(H,23,25,27). The Balaban J connectivity index is 1.57. The third kappa shape index (κ3) is 5.92. The topological polar surface area (TPSA) is 97.0 Å². The smallest absolute Gasteiger partial charge is 0.273 e. The van der Waals surface area contributed by atoms with E-state index in [1.165, 1.54) is 0 Å². The molecule has 0 saturated heterocycles. The van der Waals surface area contributed by atoms with Crippen molar-refractivity contribution in [1.82, 2.24) is 15.2 Å². The highest BCUT2D eigenvalue weighted by molar-refractivity contribution is 7.99. The molecule has 2 N–H and O–H groups in total. The SMILES string of the molecule is CCOc1ccc(Cc2nnc(SCC(=O)Nc3ccccc3C)[nH]c2=O)cc1. The summed E-state index contributed by atoms with van der Waals surface area (Å²) in [6, 6.07) is 15.0. The van der Waals surface area contributed by atoms with E-state index in [9.17, 15) is 9.59 Å². The molecule has 150 valence electrons. The lowest BCUT2D eigenvalue weighted by atomic mass is 10.1. The summed E-state index contributed by atoms with van der Waals surface area (Å²) in [5.41, 5.74) is 2.70. The second kappa shape index (κ2) is 9.88. The van der Waals surface area contributed by atoms with Crippen molar-refractivity contribution in [3.8, 4) is 5.75 Å². The first-order chi connectivity index (χ1) is 14.0. The van der Waals surface area contributed by atoms with E-state index in [0.717, 1.165) is 34.3 Å². The number of carbonyl (C=O) groups excluding carboxylic acids is 1. The maximum absolute atomic E-state index is 12.3. The Labute approximate surface area is 172 Å². The predicted octanol–water partition coefficient (Wildman–Crippen LogP) is 3.19. The summed E-state index contributed by atoms with van der Waals surface area (Å²) in [7, 11) is 0. The van der Waals surface area contributed by atoms with Crippen molar-refractivity contribution >= 4 is 23.4 Å². The maximum atomic E-state index is 12.3. The van der Waals surface area contributed by atoms with Crippen LogP contribution >= 0.6 is 11.8 Å². The van der Waals surface area contributed by atoms with Crippen molar-refractivity contribution in [3.05, 3.63) is 75.7 Å². The molecule has 0 atom stereocenters. The summed E-state index contributed by atoms with van der Waals surface area (Å²) in [5.74, 6) is 0.731. The molecule has 1 amide bonds. The number of ether oxygens (including phenoxy) is 1. The van der Waals surface area contributed by atoms with Gasteiger partial charge in [-0.15, -0.1) is 10.2 Å². The highest BCUT2D eigenvalue weighted by Crippen LogP contribution is 2.16. The van der Waals surface area contributed by atoms with Crippen LogP contribution in [0.2, 0.25) is 0 Å². The number of thioether (sulfide) groups is 1. The highest BCUT2D eigenvalue weighted by atomic mass is 32.2. The number of carbonyl (C=O) groups is 1. The van der Waals surface area contributed by atoms with Crippen LogP contribution in [0.4, 0.5) is 5.69 Å². The lowest BCUT2D eigenvalue weighted by molar-refractivity contribution is -0.113. The molecule has 0 fully saturated rings. The Bertz CT molecular complexity index is 1030. The van der Waals surface area contributed by atoms with E-state index < -0.39 is 0 Å². The third-order valence-electron chi connectivity index (χ3n) is 4.11. The molecule has 0 radical (unpaired) electrons. The van der Waals surface area contributed by atoms with Crippen LogP contribution < -0.4 is 15.6 Å². The normalized spacial score (nSPS) is 10.6. The van der Waals surface area contributed by atoms with Crippen LogP contribution in [0.25, 0.3) is 0 Å². The van der Waals surface area contributed by atoms with Gasteiger partial charge >= 0.3 is 0 Å². The number of anilines is 1. The van der Waals surface area contributed by atoms with Gasteiger partial charge in [-0.1, -0.05) is 42.1 Å². The number of nitrogens with zero attached hydrogens (tertiary/aromatic N) is 2. The van der Waals surface area contributed by atoms with Crippen molar-refractivity contribution in [3.63, 3.8) is 0 Å². The number of benzene rings is 2. The van der Waals surface area contributed by atoms with E-state index in [1.807, 2.05) is 62.4 Å². The largest absolute Gasteiger partial charge is 0.494 e. The fraction of sp³-hybridized carbons (Fsp3) is 0.238. The summed E-state index contributed by atoms with van der Waals surface area (Å²) in [4.78, 5) is 27.1. The Morgan fingerprint density at radius 3 is 2.59 bits per heavy atom. The van der Waals surface area contributed by atoms with E-state index in [1.54, 1.807) is 0 Å². The van der Waals surface area contributed by atoms with Crippen molar-refractivity contribution < 1.29 is 9.53 Å². The molecule has 3 aromatic rings. The maximum Gasteiger partial charge on any atom is 0.273 e. The lowest BCUT2D eigenvalue weighted by Gasteiger charge is -2.07. The molecule has 8 heteroatoms. The third-order valence-corrected chi connectivity index (χ3v) is 4.97. The Hall–Kier alpha value is -3.13. The van der Waals surface area contributed by atoms with Crippen molar-refractivity contribution in [2.45, 2.75) is 25.4 Å². The first-order valence-corrected chi connectivity index (χ1v) is 10.2. The average Bonchev–Trinajstić information content (AvgIpc) is 2.71. The second-order valence-electron chi connectivity index (χ2n) is 6.31. The predicted molar refractivity (Wildman–Crippen MR) is 114 cm³/mol. The van der Waals surface area contributed by atoms with Crippen LogP contribution in [0.15, 0.2) is 58.5 Å². The van der Waals surface area contributed by atoms with Gasteiger partial charge in [-0.2, -0.15) is 0 Å². The quantitative estimate of drug-likeness (QED) is 0.554. The number of nitrogens with one attached hydrogen (secondary N) is 2. The average molecular weight is 410 g/mol. The molecule has 1 aromatic heterocycles. The summed E-state index contributed by atoms with van der Waals surface area (Å²) >= 11 is 1.13. The first-order valence-electron chi connectivity index (χ1n) is 9.21. The molecule has 3 rings (SSSR count). The minimum atomic E-state index is -0.310. The van der Waals surface area contributed by atoms with E-state index in [4.69, 9.17) is 4.74 Å². The first kappa shape index (κ1) is 20.6. The van der Waals surface area contributed by atoms with Gasteiger partial charge in [0, 0.05) is 12.1 Å². The number of hydrogen-bond donors (Lipinski definition) is 2. The van der Waals surface area contributed by atoms with Crippen LogP contribution in [0, 0.1) is 6.92 Å². The monoisotopic (exact) mass is 410 g/mol. The van der Waals surface area contributed by atoms with Gasteiger partial charge in [0.1, 0.15) is 11.4 Å². The molecule has 0 spiro atoms. The molecule has 0 aliphatic rings. The van der Waals surface area contributed by atoms with Crippen LogP contribution in [0.1, 0.15) is 23.7 Å². The number of aromatic amines is 1. The molecular formula is C21H22N4O3S. The zero-order valence-corrected chi connectivity index (χ0v) is 17.1. The molecule has 0 unspecified atom stereocenters. The summed E-state index contributed by atoms with van der Waals surface area (Å²) in [5, 5.41) is 11.2. The van der Waals surface area contributed by atoms with Crippen LogP contribution in [-0.2, 0) is 11.2 Å². The van der Waals surface area contributed by atoms with E-state index in [2.05, 4.69) is 20.5 Å². The van der Waals surface area contributed by atoms with Gasteiger partial charge in [0.05, 0.1) is 12.4 Å². The van der Waals surface area contributed by atoms with Crippen LogP contribution in [0.3, 0.4) is 0 Å². The van der Waals surface area contributed by atoms with Gasteiger partial charge in [0.25, 0.3) is 5.56 Å². The summed E-state index contributed by atoms with van der Waals surface area (Å²) in [6.45, 7) is 4.45. The van der Waals surface area contributed by atoms with Gasteiger partial charge in [-0.25, -0.2) is 0 Å². The molecule has 0 aliphatic heterocycles. The highest BCUT2D eigenvalue weighted by Gasteiger charge is 2.10. The van der Waals surface area contributed by atoms with Crippen molar-refractivity contribution in [2.75, 3.05) is 17.7 Å². The van der Waals surface area contributed by atoms with Crippen molar-refractivity contribution in [2.24, 2.45) is 0 Å². The number of aryl methyl sites for hydroxylation is 1. The van der Waals surface area contributed by atoms with Gasteiger partial charge < -0.3 is 10.1 Å². The Morgan fingerprint density at radius 1 is 1.14 bits per heavy atom. The molecule has 2 aromatic carbocycles. The molecule has 0 bridgehead atoms.